The fourth-order valence-corrected chi connectivity index (χ4v) is 2.94. The van der Waals surface area contributed by atoms with E-state index in [2.05, 4.69) is 29.4 Å². The molecule has 0 spiro atoms. The Morgan fingerprint density at radius 1 is 1.12 bits per heavy atom. The minimum atomic E-state index is -0.274. The maximum absolute atomic E-state index is 12.4. The largest absolute Gasteiger partial charge is 0.354 e. The Morgan fingerprint density at radius 2 is 1.84 bits per heavy atom. The molecule has 3 aromatic rings. The van der Waals surface area contributed by atoms with Crippen LogP contribution in [0.3, 0.4) is 0 Å². The van der Waals surface area contributed by atoms with E-state index < -0.39 is 0 Å². The van der Waals surface area contributed by atoms with Gasteiger partial charge >= 0.3 is 0 Å². The summed E-state index contributed by atoms with van der Waals surface area (Å²) in [4.78, 5) is 28.6. The molecular weight excluding hydrogens is 314 g/mol. The third-order valence-electron chi connectivity index (χ3n) is 4.36. The second-order valence-electron chi connectivity index (χ2n) is 5.99. The standard InChI is InChI=1S/C20H21N3O2/c1-2-15(16-8-4-3-5-9-16)12-22-19(24)14-23-18-11-7-6-10-17(18)21-13-20(23)25/h3-11,13,15H,2,12,14H2,1H3,(H,22,24). The molecule has 0 saturated carbocycles. The van der Waals surface area contributed by atoms with Crippen LogP contribution in [-0.2, 0) is 11.3 Å². The highest BCUT2D eigenvalue weighted by Gasteiger charge is 2.12. The van der Waals surface area contributed by atoms with Crippen LogP contribution in [0.2, 0.25) is 0 Å². The zero-order chi connectivity index (χ0) is 17.6. The number of hydrogen-bond donors (Lipinski definition) is 1. The second kappa shape index (κ2) is 7.75. The second-order valence-corrected chi connectivity index (χ2v) is 5.99. The predicted octanol–water partition coefficient (Wildman–Crippen LogP) is 2.71. The highest BCUT2D eigenvalue weighted by atomic mass is 16.2. The number of nitrogens with one attached hydrogen (secondary N) is 1. The summed E-state index contributed by atoms with van der Waals surface area (Å²) in [7, 11) is 0. The Hall–Kier alpha value is -2.95. The lowest BCUT2D eigenvalue weighted by Crippen LogP contribution is -2.34. The average molecular weight is 335 g/mol. The number of benzene rings is 2. The molecule has 0 bridgehead atoms. The van der Waals surface area contributed by atoms with Crippen LogP contribution in [0.25, 0.3) is 11.0 Å². The van der Waals surface area contributed by atoms with Crippen molar-refractivity contribution < 1.29 is 4.79 Å². The molecule has 0 aliphatic carbocycles. The molecule has 0 aliphatic heterocycles. The number of amides is 1. The van der Waals surface area contributed by atoms with Crippen molar-refractivity contribution in [2.24, 2.45) is 0 Å². The summed E-state index contributed by atoms with van der Waals surface area (Å²) in [6, 6.07) is 17.4. The van der Waals surface area contributed by atoms with E-state index in [0.29, 0.717) is 17.6 Å². The molecule has 128 valence electrons. The number of nitrogens with zero attached hydrogens (tertiary/aromatic N) is 2. The lowest BCUT2D eigenvalue weighted by atomic mass is 9.96. The highest BCUT2D eigenvalue weighted by molar-refractivity contribution is 5.79. The lowest BCUT2D eigenvalue weighted by Gasteiger charge is -2.17. The van der Waals surface area contributed by atoms with Crippen molar-refractivity contribution in [1.82, 2.24) is 14.9 Å². The van der Waals surface area contributed by atoms with Gasteiger partial charge in [0.25, 0.3) is 5.56 Å². The molecule has 0 aliphatic rings. The number of para-hydroxylation sites is 2. The molecule has 3 rings (SSSR count). The summed E-state index contributed by atoms with van der Waals surface area (Å²) in [6.07, 6.45) is 2.19. The van der Waals surface area contributed by atoms with Gasteiger partial charge in [0.1, 0.15) is 6.54 Å². The first kappa shape index (κ1) is 16.9. The zero-order valence-electron chi connectivity index (χ0n) is 14.2. The van der Waals surface area contributed by atoms with Gasteiger partial charge in [0.2, 0.25) is 5.91 Å². The minimum absolute atomic E-state index is 0.00685. The molecule has 1 aromatic heterocycles. The average Bonchev–Trinajstić information content (AvgIpc) is 2.65. The van der Waals surface area contributed by atoms with Crippen LogP contribution < -0.4 is 10.9 Å². The first-order valence-electron chi connectivity index (χ1n) is 8.45. The van der Waals surface area contributed by atoms with Crippen molar-refractivity contribution >= 4 is 16.9 Å². The minimum Gasteiger partial charge on any atom is -0.354 e. The number of fused-ring (bicyclic) bond motifs is 1. The summed E-state index contributed by atoms with van der Waals surface area (Å²) in [5.74, 6) is 0.0869. The van der Waals surface area contributed by atoms with Crippen LogP contribution >= 0.6 is 0 Å². The van der Waals surface area contributed by atoms with Gasteiger partial charge in [-0.25, -0.2) is 4.98 Å². The molecular formula is C20H21N3O2. The van der Waals surface area contributed by atoms with Gasteiger partial charge in [-0.05, 0) is 24.1 Å². The predicted molar refractivity (Wildman–Crippen MR) is 98.5 cm³/mol. The summed E-state index contributed by atoms with van der Waals surface area (Å²) in [6.45, 7) is 2.65. The Kier molecular flexibility index (Phi) is 5.23. The molecule has 0 radical (unpaired) electrons. The fraction of sp³-hybridized carbons (Fsp3) is 0.250. The molecule has 1 N–H and O–H groups in total. The molecule has 1 heterocycles. The smallest absolute Gasteiger partial charge is 0.269 e. The van der Waals surface area contributed by atoms with Gasteiger partial charge < -0.3 is 5.32 Å². The maximum Gasteiger partial charge on any atom is 0.269 e. The lowest BCUT2D eigenvalue weighted by molar-refractivity contribution is -0.121. The molecule has 1 unspecified atom stereocenters. The molecule has 2 aromatic carbocycles. The van der Waals surface area contributed by atoms with Gasteiger partial charge in [-0.2, -0.15) is 0 Å². The van der Waals surface area contributed by atoms with E-state index in [1.807, 2.05) is 36.4 Å². The number of rotatable bonds is 6. The van der Waals surface area contributed by atoms with E-state index in [0.717, 1.165) is 6.42 Å². The number of carbonyl (C=O) groups is 1. The first-order valence-corrected chi connectivity index (χ1v) is 8.45. The van der Waals surface area contributed by atoms with Crippen molar-refractivity contribution in [3.8, 4) is 0 Å². The summed E-state index contributed by atoms with van der Waals surface area (Å²) in [5.41, 5.74) is 2.30. The van der Waals surface area contributed by atoms with Gasteiger partial charge in [-0.3, -0.25) is 14.2 Å². The Labute approximate surface area is 146 Å². The van der Waals surface area contributed by atoms with E-state index >= 15 is 0 Å². The van der Waals surface area contributed by atoms with E-state index in [1.165, 1.54) is 16.3 Å². The van der Waals surface area contributed by atoms with E-state index in [4.69, 9.17) is 0 Å². The van der Waals surface area contributed by atoms with Gasteiger partial charge in [-0.1, -0.05) is 49.4 Å². The number of hydrogen-bond acceptors (Lipinski definition) is 3. The Balaban J connectivity index is 1.71. The maximum atomic E-state index is 12.4. The highest BCUT2D eigenvalue weighted by Crippen LogP contribution is 2.17. The summed E-state index contributed by atoms with van der Waals surface area (Å²) < 4.78 is 1.46. The SMILES string of the molecule is CCC(CNC(=O)Cn1c(=O)cnc2ccccc21)c1ccccc1. The Bertz CT molecular complexity index is 919. The molecule has 0 fully saturated rings. The molecule has 0 saturated heterocycles. The van der Waals surface area contributed by atoms with Crippen molar-refractivity contribution in [2.45, 2.75) is 25.8 Å². The third-order valence-corrected chi connectivity index (χ3v) is 4.36. The normalized spacial score (nSPS) is 12.0. The van der Waals surface area contributed by atoms with E-state index in [-0.39, 0.29) is 23.9 Å². The van der Waals surface area contributed by atoms with Crippen molar-refractivity contribution in [3.63, 3.8) is 0 Å². The molecule has 5 nitrogen and oxygen atoms in total. The number of carbonyl (C=O) groups excluding carboxylic acids is 1. The van der Waals surface area contributed by atoms with Crippen LogP contribution in [-0.4, -0.2) is 22.0 Å². The van der Waals surface area contributed by atoms with Crippen LogP contribution in [0.4, 0.5) is 0 Å². The van der Waals surface area contributed by atoms with Gasteiger partial charge in [0.15, 0.2) is 0 Å². The van der Waals surface area contributed by atoms with Gasteiger partial charge in [-0.15, -0.1) is 0 Å². The summed E-state index contributed by atoms with van der Waals surface area (Å²) >= 11 is 0. The van der Waals surface area contributed by atoms with Crippen LogP contribution in [0.5, 0.6) is 0 Å². The summed E-state index contributed by atoms with van der Waals surface area (Å²) in [5, 5.41) is 2.95. The topological polar surface area (TPSA) is 64.0 Å². The van der Waals surface area contributed by atoms with Crippen molar-refractivity contribution in [2.75, 3.05) is 6.54 Å². The van der Waals surface area contributed by atoms with Gasteiger partial charge in [0, 0.05) is 12.5 Å². The molecule has 1 amide bonds. The van der Waals surface area contributed by atoms with Crippen molar-refractivity contribution in [1.29, 1.82) is 0 Å². The van der Waals surface area contributed by atoms with E-state index in [1.54, 1.807) is 6.07 Å². The van der Waals surface area contributed by atoms with Gasteiger partial charge in [0.05, 0.1) is 17.2 Å². The zero-order valence-corrected chi connectivity index (χ0v) is 14.2. The van der Waals surface area contributed by atoms with Crippen LogP contribution in [0, 0.1) is 0 Å². The first-order chi connectivity index (χ1) is 12.2. The molecule has 5 heteroatoms. The van der Waals surface area contributed by atoms with E-state index in [9.17, 15) is 9.59 Å². The Morgan fingerprint density at radius 3 is 2.60 bits per heavy atom. The molecule has 25 heavy (non-hydrogen) atoms. The molecule has 1 atom stereocenters. The third kappa shape index (κ3) is 3.94. The monoisotopic (exact) mass is 335 g/mol. The quantitative estimate of drug-likeness (QED) is 0.753. The fourth-order valence-electron chi connectivity index (χ4n) is 2.94. The van der Waals surface area contributed by atoms with Crippen LogP contribution in [0.15, 0.2) is 65.6 Å². The van der Waals surface area contributed by atoms with Crippen molar-refractivity contribution in [3.05, 3.63) is 76.7 Å². The number of aromatic nitrogens is 2. The van der Waals surface area contributed by atoms with Crippen LogP contribution in [0.1, 0.15) is 24.8 Å².